The molecule has 1 aromatic heterocycles. The maximum Gasteiger partial charge on any atom is 0.431 e. The molecule has 2 N–H and O–H groups in total. The highest BCUT2D eigenvalue weighted by Gasteiger charge is 2.45. The minimum Gasteiger partial charge on any atom is -0.444 e. The summed E-state index contributed by atoms with van der Waals surface area (Å²) in [5.41, 5.74) is -3.18. The molecule has 3 heterocycles. The molecule has 2 aliphatic rings. The van der Waals surface area contributed by atoms with Gasteiger partial charge in [-0.2, -0.15) is 13.2 Å². The third-order valence-electron chi connectivity index (χ3n) is 4.82. The van der Waals surface area contributed by atoms with E-state index in [9.17, 15) is 27.9 Å². The van der Waals surface area contributed by atoms with Gasteiger partial charge in [0.25, 0.3) is 5.56 Å². The zero-order valence-corrected chi connectivity index (χ0v) is 16.4. The molecule has 2 atom stereocenters. The van der Waals surface area contributed by atoms with Crippen LogP contribution in [0.4, 0.5) is 18.0 Å². The molecule has 1 amide bonds. The first-order chi connectivity index (χ1) is 13.3. The van der Waals surface area contributed by atoms with E-state index in [1.54, 1.807) is 30.7 Å². The van der Waals surface area contributed by atoms with E-state index < -0.39 is 34.9 Å². The molecule has 29 heavy (non-hydrogen) atoms. The number of alkyl halides is 3. The van der Waals surface area contributed by atoms with Crippen molar-refractivity contribution < 1.29 is 32.5 Å². The third kappa shape index (κ3) is 4.73. The number of rotatable bonds is 1. The van der Waals surface area contributed by atoms with Gasteiger partial charge in [-0.15, -0.1) is 0 Å². The van der Waals surface area contributed by atoms with Crippen LogP contribution in [0.1, 0.15) is 32.0 Å². The number of carbonyl (C=O) groups excluding carboxylic acids is 1. The predicted octanol–water partition coefficient (Wildman–Crippen LogP) is 1.49. The van der Waals surface area contributed by atoms with E-state index in [0.717, 1.165) is 6.07 Å². The van der Waals surface area contributed by atoms with Gasteiger partial charge in [-0.25, -0.2) is 4.79 Å². The summed E-state index contributed by atoms with van der Waals surface area (Å²) in [6, 6.07) is 1.40. The van der Waals surface area contributed by atoms with E-state index in [0.29, 0.717) is 25.7 Å². The van der Waals surface area contributed by atoms with Crippen LogP contribution < -0.4 is 5.56 Å². The number of carbonyl (C=O) groups is 1. The normalized spacial score (nSPS) is 26.2. The second-order valence-corrected chi connectivity index (χ2v) is 8.26. The fourth-order valence-corrected chi connectivity index (χ4v) is 3.42. The number of aliphatic hydroxyl groups is 1. The first-order valence-electron chi connectivity index (χ1n) is 9.18. The molecule has 3 rings (SSSR count). The number of hydrogen-bond acceptors (Lipinski definition) is 6. The Morgan fingerprint density at radius 1 is 1.31 bits per heavy atom. The molecule has 0 saturated carbocycles. The fraction of sp³-hybridized carbons (Fsp3) is 0.667. The Bertz CT molecular complexity index is 835. The molecule has 2 aliphatic heterocycles. The largest absolute Gasteiger partial charge is 0.444 e. The SMILES string of the molecule is CC(C)(C)OC(=O)N1CCN2C[C@@](O)(c3ccc(C(F)(F)F)[nH]c3=O)OC[C@@H]2C1. The van der Waals surface area contributed by atoms with Gasteiger partial charge >= 0.3 is 12.3 Å². The lowest BCUT2D eigenvalue weighted by atomic mass is 10.0. The Hall–Kier alpha value is -2.11. The smallest absolute Gasteiger partial charge is 0.431 e. The Morgan fingerprint density at radius 2 is 2.00 bits per heavy atom. The van der Waals surface area contributed by atoms with Gasteiger partial charge in [0.2, 0.25) is 5.79 Å². The molecular weight excluding hydrogens is 395 g/mol. The fourth-order valence-electron chi connectivity index (χ4n) is 3.42. The van der Waals surface area contributed by atoms with Crippen molar-refractivity contribution in [1.82, 2.24) is 14.8 Å². The van der Waals surface area contributed by atoms with Gasteiger partial charge < -0.3 is 24.5 Å². The van der Waals surface area contributed by atoms with E-state index in [-0.39, 0.29) is 24.8 Å². The van der Waals surface area contributed by atoms with Crippen LogP contribution in [-0.4, -0.2) is 70.4 Å². The van der Waals surface area contributed by atoms with Crippen LogP contribution in [0.2, 0.25) is 0 Å². The molecule has 2 fully saturated rings. The lowest BCUT2D eigenvalue weighted by Gasteiger charge is -2.48. The number of aromatic nitrogens is 1. The number of amides is 1. The van der Waals surface area contributed by atoms with Crippen LogP contribution in [0.3, 0.4) is 0 Å². The summed E-state index contributed by atoms with van der Waals surface area (Å²) in [5.74, 6) is -2.04. The minimum absolute atomic E-state index is 0.00371. The van der Waals surface area contributed by atoms with Crippen molar-refractivity contribution in [3.63, 3.8) is 0 Å². The molecule has 0 aliphatic carbocycles. The number of morpholine rings is 1. The molecule has 162 valence electrons. The lowest BCUT2D eigenvalue weighted by Crippen LogP contribution is -2.64. The van der Waals surface area contributed by atoms with E-state index in [4.69, 9.17) is 9.47 Å². The first-order valence-corrected chi connectivity index (χ1v) is 9.18. The number of nitrogens with zero attached hydrogens (tertiary/aromatic N) is 2. The van der Waals surface area contributed by atoms with Gasteiger partial charge in [-0.05, 0) is 32.9 Å². The maximum atomic E-state index is 12.7. The second-order valence-electron chi connectivity index (χ2n) is 8.26. The Morgan fingerprint density at radius 3 is 2.59 bits per heavy atom. The second kappa shape index (κ2) is 7.29. The van der Waals surface area contributed by atoms with Crippen LogP contribution >= 0.6 is 0 Å². The summed E-state index contributed by atoms with van der Waals surface area (Å²) in [7, 11) is 0. The molecule has 8 nitrogen and oxygen atoms in total. The van der Waals surface area contributed by atoms with Gasteiger partial charge in [0.05, 0.1) is 24.8 Å². The van der Waals surface area contributed by atoms with Crippen LogP contribution in [0.15, 0.2) is 16.9 Å². The molecule has 2 saturated heterocycles. The van der Waals surface area contributed by atoms with Gasteiger partial charge in [-0.3, -0.25) is 9.69 Å². The number of aromatic amines is 1. The highest BCUT2D eigenvalue weighted by atomic mass is 19.4. The van der Waals surface area contributed by atoms with Crippen molar-refractivity contribution in [2.45, 2.75) is 44.4 Å². The van der Waals surface area contributed by atoms with Crippen molar-refractivity contribution in [2.75, 3.05) is 32.8 Å². The number of halogens is 3. The average molecular weight is 419 g/mol. The van der Waals surface area contributed by atoms with Gasteiger partial charge in [-0.1, -0.05) is 0 Å². The number of fused-ring (bicyclic) bond motifs is 1. The summed E-state index contributed by atoms with van der Waals surface area (Å²) in [5, 5.41) is 10.8. The summed E-state index contributed by atoms with van der Waals surface area (Å²) >= 11 is 0. The van der Waals surface area contributed by atoms with Crippen molar-refractivity contribution >= 4 is 6.09 Å². The molecule has 0 bridgehead atoms. The number of ether oxygens (including phenoxy) is 2. The predicted molar refractivity (Wildman–Crippen MR) is 95.1 cm³/mol. The minimum atomic E-state index is -4.70. The number of H-pyrrole nitrogens is 1. The van der Waals surface area contributed by atoms with Crippen molar-refractivity contribution in [3.8, 4) is 0 Å². The van der Waals surface area contributed by atoms with E-state index in [1.807, 2.05) is 4.90 Å². The van der Waals surface area contributed by atoms with Gasteiger partial charge in [0.1, 0.15) is 11.3 Å². The standard InChI is InChI=1S/C18H24F3N3O5/c1-16(2,3)29-15(26)23-6-7-24-10-17(27,28-9-11(24)8-23)12-4-5-13(18(19,20)21)22-14(12)25/h4-5,11,27H,6-10H2,1-3H3,(H,22,25)/t11-,17-/m0/s1. The monoisotopic (exact) mass is 419 g/mol. The Kier molecular flexibility index (Phi) is 5.43. The van der Waals surface area contributed by atoms with Crippen LogP contribution in [0.25, 0.3) is 0 Å². The third-order valence-corrected chi connectivity index (χ3v) is 4.82. The average Bonchev–Trinajstić information content (AvgIpc) is 2.58. The highest BCUT2D eigenvalue weighted by Crippen LogP contribution is 2.31. The lowest BCUT2D eigenvalue weighted by molar-refractivity contribution is -0.266. The quantitative estimate of drug-likeness (QED) is 0.716. The topological polar surface area (TPSA) is 95.1 Å². The highest BCUT2D eigenvalue weighted by molar-refractivity contribution is 5.68. The maximum absolute atomic E-state index is 12.7. The molecule has 0 spiro atoms. The van der Waals surface area contributed by atoms with Crippen LogP contribution in [-0.2, 0) is 21.4 Å². The van der Waals surface area contributed by atoms with Crippen molar-refractivity contribution in [2.24, 2.45) is 0 Å². The molecule has 11 heteroatoms. The number of nitrogens with one attached hydrogen (secondary N) is 1. The van der Waals surface area contributed by atoms with Crippen molar-refractivity contribution in [3.05, 3.63) is 33.7 Å². The van der Waals surface area contributed by atoms with E-state index >= 15 is 0 Å². The van der Waals surface area contributed by atoms with E-state index in [2.05, 4.69) is 0 Å². The number of piperazine rings is 1. The Balaban J connectivity index is 1.71. The number of pyridine rings is 1. The van der Waals surface area contributed by atoms with Crippen LogP contribution in [0.5, 0.6) is 0 Å². The molecule has 1 aromatic rings. The summed E-state index contributed by atoms with van der Waals surface area (Å²) in [6.07, 6.45) is -5.14. The Labute approximate surface area is 165 Å². The van der Waals surface area contributed by atoms with Crippen molar-refractivity contribution in [1.29, 1.82) is 0 Å². The molecule has 0 radical (unpaired) electrons. The van der Waals surface area contributed by atoms with Gasteiger partial charge in [0, 0.05) is 19.6 Å². The molecule has 0 aromatic carbocycles. The van der Waals surface area contributed by atoms with E-state index in [1.165, 1.54) is 0 Å². The first kappa shape index (κ1) is 21.6. The zero-order valence-electron chi connectivity index (χ0n) is 16.4. The summed E-state index contributed by atoms with van der Waals surface area (Å²) in [4.78, 5) is 29.5. The number of hydrogen-bond donors (Lipinski definition) is 2. The van der Waals surface area contributed by atoms with Crippen LogP contribution in [0, 0.1) is 0 Å². The molecule has 0 unspecified atom stereocenters. The summed E-state index contributed by atoms with van der Waals surface area (Å²) < 4.78 is 49.1. The molecular formula is C18H24F3N3O5. The van der Waals surface area contributed by atoms with Gasteiger partial charge in [0.15, 0.2) is 0 Å². The summed E-state index contributed by atoms with van der Waals surface area (Å²) in [6.45, 7) is 6.27. The zero-order chi connectivity index (χ0) is 21.6.